The van der Waals surface area contributed by atoms with Gasteiger partial charge < -0.3 is 32.7 Å². The largest absolute Gasteiger partial charge is 0.383 e. The van der Waals surface area contributed by atoms with Crippen molar-refractivity contribution in [2.24, 2.45) is 0 Å². The molecule has 0 aliphatic rings. The van der Waals surface area contributed by atoms with Gasteiger partial charge in [0.2, 0.25) is 0 Å². The minimum Gasteiger partial charge on any atom is -0.383 e. The molecule has 4 aromatic carbocycles. The number of aryl methyl sites for hydroxylation is 1. The van der Waals surface area contributed by atoms with Crippen molar-refractivity contribution in [3.8, 4) is 22.5 Å². The number of anilines is 6. The van der Waals surface area contributed by atoms with Gasteiger partial charge in [0, 0.05) is 46.0 Å². The van der Waals surface area contributed by atoms with E-state index in [9.17, 15) is 14.0 Å². The van der Waals surface area contributed by atoms with E-state index in [2.05, 4.69) is 51.4 Å². The average molecular weight is 825 g/mol. The number of carbonyl (C=O) groups is 2. The van der Waals surface area contributed by atoms with Crippen molar-refractivity contribution in [3.63, 3.8) is 0 Å². The number of benzene rings is 4. The Morgan fingerprint density at radius 2 is 0.984 bits per heavy atom. The van der Waals surface area contributed by atoms with Gasteiger partial charge >= 0.3 is 12.1 Å². The highest BCUT2D eigenvalue weighted by Crippen LogP contribution is 2.35. The zero-order chi connectivity index (χ0) is 43.4. The van der Waals surface area contributed by atoms with Crippen LogP contribution in [0.5, 0.6) is 0 Å². The van der Waals surface area contributed by atoms with Crippen molar-refractivity contribution in [1.82, 2.24) is 39.5 Å². The summed E-state index contributed by atoms with van der Waals surface area (Å²) in [5.74, 6) is -0.644. The first-order valence-corrected chi connectivity index (χ1v) is 19.1. The average Bonchev–Trinajstić information content (AvgIpc) is 3.80. The maximum atomic E-state index is 15.0. The summed E-state index contributed by atoms with van der Waals surface area (Å²) in [4.78, 5) is 41.0. The molecule has 18 heteroatoms. The van der Waals surface area contributed by atoms with E-state index in [1.807, 2.05) is 58.9 Å². The molecule has 0 aliphatic carbocycles. The second-order valence-corrected chi connectivity index (χ2v) is 14.5. The molecule has 0 unspecified atom stereocenters. The van der Waals surface area contributed by atoms with E-state index in [1.54, 1.807) is 64.0 Å². The molecule has 0 saturated carbocycles. The molecule has 8 rings (SSSR count). The summed E-state index contributed by atoms with van der Waals surface area (Å²) in [6.07, 6.45) is 2.72. The van der Waals surface area contributed by atoms with E-state index >= 15 is 4.39 Å². The SMILES string of the molecule is CC(C)n1nc(-c2ccc(NC(=O)Nc3ccccc3)cc2F)c2c(N)ncnc21.Cc1cccc(NC(=O)Nc2ccc(-c3nn(C(C)C)c4ncnc(N)c34)c(F)c2)c1. The molecule has 8 aromatic rings. The van der Waals surface area contributed by atoms with Crippen molar-refractivity contribution in [1.29, 1.82) is 0 Å². The monoisotopic (exact) mass is 824 g/mol. The Kier molecular flexibility index (Phi) is 11.8. The van der Waals surface area contributed by atoms with Crippen LogP contribution >= 0.6 is 0 Å². The van der Waals surface area contributed by atoms with Gasteiger partial charge in [-0.2, -0.15) is 10.2 Å². The number of nitrogens with one attached hydrogen (secondary N) is 4. The first-order chi connectivity index (χ1) is 29.3. The Labute approximate surface area is 348 Å². The quantitative estimate of drug-likeness (QED) is 0.0852. The lowest BCUT2D eigenvalue weighted by molar-refractivity contribution is 0.261. The number of hydrogen-bond donors (Lipinski definition) is 6. The van der Waals surface area contributed by atoms with Gasteiger partial charge in [-0.3, -0.25) is 0 Å². The Morgan fingerprint density at radius 1 is 0.557 bits per heavy atom. The predicted molar refractivity (Wildman–Crippen MR) is 234 cm³/mol. The Bertz CT molecular complexity index is 2900. The van der Waals surface area contributed by atoms with Crippen LogP contribution in [0.3, 0.4) is 0 Å². The lowest BCUT2D eigenvalue weighted by Gasteiger charge is -2.09. The van der Waals surface area contributed by atoms with Crippen molar-refractivity contribution in [3.05, 3.63) is 121 Å². The van der Waals surface area contributed by atoms with E-state index in [-0.39, 0.29) is 34.8 Å². The molecule has 0 spiro atoms. The number of urea groups is 2. The maximum Gasteiger partial charge on any atom is 0.323 e. The number of carbonyl (C=O) groups excluding carboxylic acids is 2. The lowest BCUT2D eigenvalue weighted by atomic mass is 10.1. The molecule has 0 saturated heterocycles. The normalized spacial score (nSPS) is 11.1. The maximum absolute atomic E-state index is 15.0. The topological polar surface area (TPSA) is 221 Å². The molecular formula is C43H42F2N14O2. The highest BCUT2D eigenvalue weighted by Gasteiger charge is 2.23. The highest BCUT2D eigenvalue weighted by atomic mass is 19.1. The van der Waals surface area contributed by atoms with Crippen LogP contribution in [0, 0.1) is 18.6 Å². The molecule has 16 nitrogen and oxygen atoms in total. The number of hydrogen-bond acceptors (Lipinski definition) is 10. The molecule has 4 aromatic heterocycles. The summed E-state index contributed by atoms with van der Waals surface area (Å²) in [6.45, 7) is 9.72. The number of nitrogen functional groups attached to an aromatic ring is 2. The summed E-state index contributed by atoms with van der Waals surface area (Å²) in [5.41, 5.74) is 17.3. The Balaban J connectivity index is 0.000000184. The van der Waals surface area contributed by atoms with Gasteiger partial charge in [-0.25, -0.2) is 47.7 Å². The smallest absolute Gasteiger partial charge is 0.323 e. The number of aromatic nitrogens is 8. The summed E-state index contributed by atoms with van der Waals surface area (Å²) in [6, 6.07) is 24.2. The number of nitrogens with zero attached hydrogens (tertiary/aromatic N) is 8. The number of halogens is 2. The zero-order valence-corrected chi connectivity index (χ0v) is 33.8. The van der Waals surface area contributed by atoms with Gasteiger partial charge in [-0.15, -0.1) is 0 Å². The van der Waals surface area contributed by atoms with Gasteiger partial charge in [0.05, 0.1) is 10.8 Å². The number of fused-ring (bicyclic) bond motifs is 2. The van der Waals surface area contributed by atoms with E-state index < -0.39 is 23.7 Å². The van der Waals surface area contributed by atoms with E-state index in [4.69, 9.17) is 11.5 Å². The molecule has 0 aliphatic heterocycles. The molecule has 0 atom stereocenters. The second kappa shape index (κ2) is 17.5. The van der Waals surface area contributed by atoms with Gasteiger partial charge in [-0.1, -0.05) is 30.3 Å². The molecule has 0 bridgehead atoms. The van der Waals surface area contributed by atoms with Gasteiger partial charge in [0.25, 0.3) is 0 Å². The third-order valence-corrected chi connectivity index (χ3v) is 9.29. The van der Waals surface area contributed by atoms with Crippen LogP contribution in [-0.4, -0.2) is 51.6 Å². The van der Waals surface area contributed by atoms with Gasteiger partial charge in [0.15, 0.2) is 11.3 Å². The van der Waals surface area contributed by atoms with Crippen molar-refractivity contribution < 1.29 is 18.4 Å². The highest BCUT2D eigenvalue weighted by molar-refractivity contribution is 6.02. The van der Waals surface area contributed by atoms with Crippen molar-refractivity contribution >= 4 is 68.5 Å². The number of nitrogens with two attached hydrogens (primary N) is 2. The summed E-state index contributed by atoms with van der Waals surface area (Å²) in [5, 5.41) is 20.7. The standard InChI is InChI=1S/C22H22FN7O.C21H20FN7O/c1-12(2)30-21-18(20(24)25-11-26-21)19(29-30)16-8-7-15(10-17(16)23)28-22(31)27-14-6-4-5-13(3)9-14;1-12(2)29-20-17(19(23)24-11-25-20)18(28-29)15-9-8-14(10-16(15)22)27-21(30)26-13-6-4-3-5-7-13/h4-12H,1-3H3,(H2,24,25,26)(H2,27,28,31);3-12H,1-2H3,(H2,23,24,25)(H2,26,27,30). The minimum absolute atomic E-state index is 0.000120. The molecule has 61 heavy (non-hydrogen) atoms. The van der Waals surface area contributed by atoms with Crippen molar-refractivity contribution in [2.45, 2.75) is 46.7 Å². The van der Waals surface area contributed by atoms with Gasteiger partial charge in [0.1, 0.15) is 47.3 Å². The molecule has 0 radical (unpaired) electrons. The molecule has 4 heterocycles. The van der Waals surface area contributed by atoms with Gasteiger partial charge in [-0.05, 0) is 101 Å². The van der Waals surface area contributed by atoms with E-state index in [1.165, 1.54) is 24.8 Å². The molecule has 0 fully saturated rings. The van der Waals surface area contributed by atoms with Crippen LogP contribution in [0.1, 0.15) is 45.3 Å². The number of para-hydroxylation sites is 1. The number of rotatable bonds is 8. The van der Waals surface area contributed by atoms with Crippen LogP contribution in [-0.2, 0) is 0 Å². The number of amides is 4. The summed E-state index contributed by atoms with van der Waals surface area (Å²) < 4.78 is 33.4. The third-order valence-electron chi connectivity index (χ3n) is 9.29. The van der Waals surface area contributed by atoms with E-state index in [0.717, 1.165) is 5.56 Å². The van der Waals surface area contributed by atoms with E-state index in [0.29, 0.717) is 56.2 Å². The Hall–Kier alpha value is -8.02. The van der Waals surface area contributed by atoms with Crippen LogP contribution < -0.4 is 32.7 Å². The van der Waals surface area contributed by atoms with Crippen LogP contribution in [0.2, 0.25) is 0 Å². The second-order valence-electron chi connectivity index (χ2n) is 14.5. The Morgan fingerprint density at radius 3 is 1.41 bits per heavy atom. The van der Waals surface area contributed by atoms with Crippen LogP contribution in [0.15, 0.2) is 104 Å². The summed E-state index contributed by atoms with van der Waals surface area (Å²) in [7, 11) is 0. The zero-order valence-electron chi connectivity index (χ0n) is 33.8. The minimum atomic E-state index is -0.550. The fourth-order valence-electron chi connectivity index (χ4n) is 6.49. The fraction of sp³-hybridized carbons (Fsp3) is 0.163. The first kappa shape index (κ1) is 41.2. The fourth-order valence-corrected chi connectivity index (χ4v) is 6.49. The lowest BCUT2D eigenvalue weighted by Crippen LogP contribution is -2.19. The predicted octanol–water partition coefficient (Wildman–Crippen LogP) is 9.19. The third kappa shape index (κ3) is 9.02. The van der Waals surface area contributed by atoms with Crippen LogP contribution in [0.25, 0.3) is 44.6 Å². The molecule has 8 N–H and O–H groups in total. The van der Waals surface area contributed by atoms with Crippen LogP contribution in [0.4, 0.5) is 52.8 Å². The van der Waals surface area contributed by atoms with Crippen molar-refractivity contribution in [2.75, 3.05) is 32.7 Å². The molecular weight excluding hydrogens is 783 g/mol. The summed E-state index contributed by atoms with van der Waals surface area (Å²) >= 11 is 0. The molecule has 310 valence electrons. The first-order valence-electron chi connectivity index (χ1n) is 19.1. The molecule has 4 amide bonds.